The molecule has 2 rings (SSSR count). The van der Waals surface area contributed by atoms with Gasteiger partial charge in [-0.2, -0.15) is 8.78 Å². The highest BCUT2D eigenvalue weighted by molar-refractivity contribution is 5.75. The molecule has 0 spiro atoms. The number of methoxy groups -OCH3 is 1. The van der Waals surface area contributed by atoms with E-state index in [1.165, 1.54) is 13.2 Å². The monoisotopic (exact) mass is 379 g/mol. The smallest absolute Gasteiger partial charge is 0.387 e. The maximum atomic E-state index is 12.3. The van der Waals surface area contributed by atoms with Crippen LogP contribution in [0.2, 0.25) is 0 Å². The largest absolute Gasteiger partial charge is 0.494 e. The lowest BCUT2D eigenvalue weighted by Crippen LogP contribution is -2.23. The first-order valence-electron chi connectivity index (χ1n) is 8.56. The van der Waals surface area contributed by atoms with E-state index in [1.54, 1.807) is 12.1 Å². The van der Waals surface area contributed by atoms with Gasteiger partial charge in [-0.3, -0.25) is 4.79 Å². The van der Waals surface area contributed by atoms with Crippen LogP contribution in [0, 0.1) is 6.92 Å². The average Bonchev–Trinajstić information content (AvgIpc) is 2.65. The lowest BCUT2D eigenvalue weighted by atomic mass is 10.2. The standard InChI is InChI=1S/C20H23F2NO4/c1-14-5-8-16(9-6-14)26-11-3-4-19(24)23-13-15-7-10-17(27-20(21)22)18(12-15)25-2/h5-10,12,20H,3-4,11,13H2,1-2H3,(H,23,24). The first-order chi connectivity index (χ1) is 13.0. The number of carbonyl (C=O) groups is 1. The third-order valence-electron chi connectivity index (χ3n) is 3.77. The summed E-state index contributed by atoms with van der Waals surface area (Å²) in [6.45, 7) is -0.206. The highest BCUT2D eigenvalue weighted by Gasteiger charge is 2.11. The summed E-state index contributed by atoms with van der Waals surface area (Å²) in [5.41, 5.74) is 1.88. The van der Waals surface area contributed by atoms with Crippen LogP contribution in [0.3, 0.4) is 0 Å². The minimum Gasteiger partial charge on any atom is -0.494 e. The number of benzene rings is 2. The second-order valence-corrected chi connectivity index (χ2v) is 5.91. The molecule has 146 valence electrons. The van der Waals surface area contributed by atoms with E-state index in [2.05, 4.69) is 10.1 Å². The number of aryl methyl sites for hydroxylation is 1. The zero-order valence-corrected chi connectivity index (χ0v) is 15.3. The van der Waals surface area contributed by atoms with Crippen LogP contribution in [0.4, 0.5) is 8.78 Å². The minimum absolute atomic E-state index is 0.0455. The van der Waals surface area contributed by atoms with Gasteiger partial charge in [-0.1, -0.05) is 23.8 Å². The Bertz CT molecular complexity index is 735. The zero-order chi connectivity index (χ0) is 19.6. The summed E-state index contributed by atoms with van der Waals surface area (Å²) in [6, 6.07) is 12.3. The fourth-order valence-electron chi connectivity index (χ4n) is 2.36. The number of halogens is 2. The lowest BCUT2D eigenvalue weighted by molar-refractivity contribution is -0.121. The maximum absolute atomic E-state index is 12.3. The summed E-state index contributed by atoms with van der Waals surface area (Å²) < 4.78 is 39.6. The van der Waals surface area contributed by atoms with E-state index in [0.29, 0.717) is 19.4 Å². The molecule has 2 aromatic rings. The quantitative estimate of drug-likeness (QED) is 0.632. The molecule has 0 aliphatic rings. The molecule has 27 heavy (non-hydrogen) atoms. The number of nitrogens with one attached hydrogen (secondary N) is 1. The molecule has 0 radical (unpaired) electrons. The van der Waals surface area contributed by atoms with E-state index < -0.39 is 6.61 Å². The van der Waals surface area contributed by atoms with Crippen molar-refractivity contribution in [3.8, 4) is 17.2 Å². The Morgan fingerprint density at radius 1 is 1.11 bits per heavy atom. The van der Waals surface area contributed by atoms with Crippen LogP contribution >= 0.6 is 0 Å². The van der Waals surface area contributed by atoms with Crippen molar-refractivity contribution in [1.29, 1.82) is 0 Å². The molecule has 0 aliphatic carbocycles. The van der Waals surface area contributed by atoms with Crippen molar-refractivity contribution in [2.45, 2.75) is 32.9 Å². The molecular weight excluding hydrogens is 356 g/mol. The molecule has 5 nitrogen and oxygen atoms in total. The van der Waals surface area contributed by atoms with Gasteiger partial charge in [0, 0.05) is 13.0 Å². The van der Waals surface area contributed by atoms with Gasteiger partial charge in [0.15, 0.2) is 11.5 Å². The second kappa shape index (κ2) is 10.4. The topological polar surface area (TPSA) is 56.8 Å². The fourth-order valence-corrected chi connectivity index (χ4v) is 2.36. The molecule has 0 saturated carbocycles. The summed E-state index contributed by atoms with van der Waals surface area (Å²) >= 11 is 0. The lowest BCUT2D eigenvalue weighted by Gasteiger charge is -2.12. The van der Waals surface area contributed by atoms with Crippen LogP contribution in [0.15, 0.2) is 42.5 Å². The van der Waals surface area contributed by atoms with Gasteiger partial charge < -0.3 is 19.5 Å². The van der Waals surface area contributed by atoms with Crippen LogP contribution < -0.4 is 19.5 Å². The molecule has 0 aromatic heterocycles. The van der Waals surface area contributed by atoms with Crippen molar-refractivity contribution in [1.82, 2.24) is 5.32 Å². The van der Waals surface area contributed by atoms with E-state index in [9.17, 15) is 13.6 Å². The molecule has 0 heterocycles. The van der Waals surface area contributed by atoms with Crippen molar-refractivity contribution < 1.29 is 27.8 Å². The van der Waals surface area contributed by atoms with E-state index in [4.69, 9.17) is 9.47 Å². The van der Waals surface area contributed by atoms with Crippen LogP contribution in [0.5, 0.6) is 17.2 Å². The van der Waals surface area contributed by atoms with E-state index in [0.717, 1.165) is 16.9 Å². The Hall–Kier alpha value is -2.83. The van der Waals surface area contributed by atoms with Gasteiger partial charge in [-0.05, 0) is 43.2 Å². The van der Waals surface area contributed by atoms with Crippen molar-refractivity contribution in [3.05, 3.63) is 53.6 Å². The highest BCUT2D eigenvalue weighted by Crippen LogP contribution is 2.29. The van der Waals surface area contributed by atoms with Gasteiger partial charge in [0.05, 0.1) is 13.7 Å². The Kier molecular flexibility index (Phi) is 7.85. The highest BCUT2D eigenvalue weighted by atomic mass is 19.3. The predicted octanol–water partition coefficient (Wildman–Crippen LogP) is 4.08. The van der Waals surface area contributed by atoms with Gasteiger partial charge in [-0.15, -0.1) is 0 Å². The number of ether oxygens (including phenoxy) is 3. The van der Waals surface area contributed by atoms with Crippen molar-refractivity contribution >= 4 is 5.91 Å². The van der Waals surface area contributed by atoms with Crippen LogP contribution in [-0.4, -0.2) is 26.2 Å². The second-order valence-electron chi connectivity index (χ2n) is 5.91. The molecular formula is C20H23F2NO4. The van der Waals surface area contributed by atoms with Gasteiger partial charge in [-0.25, -0.2) is 0 Å². The summed E-state index contributed by atoms with van der Waals surface area (Å²) in [7, 11) is 1.37. The summed E-state index contributed by atoms with van der Waals surface area (Å²) in [5, 5.41) is 2.78. The SMILES string of the molecule is COc1cc(CNC(=O)CCCOc2ccc(C)cc2)ccc1OC(F)F. The third kappa shape index (κ3) is 7.13. The summed E-state index contributed by atoms with van der Waals surface area (Å²) in [6.07, 6.45) is 0.916. The van der Waals surface area contributed by atoms with Crippen LogP contribution in [0.1, 0.15) is 24.0 Å². The Balaban J connectivity index is 1.72. The molecule has 0 bridgehead atoms. The van der Waals surface area contributed by atoms with Gasteiger partial charge >= 0.3 is 6.61 Å². The Morgan fingerprint density at radius 3 is 2.52 bits per heavy atom. The summed E-state index contributed by atoms with van der Waals surface area (Å²) in [4.78, 5) is 11.9. The van der Waals surface area contributed by atoms with Gasteiger partial charge in [0.2, 0.25) is 5.91 Å². The molecule has 0 aliphatic heterocycles. The number of carbonyl (C=O) groups excluding carboxylic acids is 1. The first kappa shape index (κ1) is 20.5. The van der Waals surface area contributed by atoms with E-state index in [1.807, 2.05) is 31.2 Å². The number of amides is 1. The average molecular weight is 379 g/mol. The van der Waals surface area contributed by atoms with E-state index in [-0.39, 0.29) is 24.0 Å². The molecule has 2 aromatic carbocycles. The Labute approximate surface area is 157 Å². The first-order valence-corrected chi connectivity index (χ1v) is 8.56. The fraction of sp³-hybridized carbons (Fsp3) is 0.350. The molecule has 1 N–H and O–H groups in total. The predicted molar refractivity (Wildman–Crippen MR) is 97.4 cm³/mol. The van der Waals surface area contributed by atoms with E-state index >= 15 is 0 Å². The van der Waals surface area contributed by atoms with Crippen LogP contribution in [0.25, 0.3) is 0 Å². The minimum atomic E-state index is -2.92. The zero-order valence-electron chi connectivity index (χ0n) is 15.3. The third-order valence-corrected chi connectivity index (χ3v) is 3.77. The van der Waals surface area contributed by atoms with Crippen molar-refractivity contribution in [2.24, 2.45) is 0 Å². The van der Waals surface area contributed by atoms with Crippen molar-refractivity contribution in [2.75, 3.05) is 13.7 Å². The van der Waals surface area contributed by atoms with Crippen LogP contribution in [-0.2, 0) is 11.3 Å². The van der Waals surface area contributed by atoms with Crippen molar-refractivity contribution in [3.63, 3.8) is 0 Å². The molecule has 0 unspecified atom stereocenters. The summed E-state index contributed by atoms with van der Waals surface area (Å²) in [5.74, 6) is 0.804. The maximum Gasteiger partial charge on any atom is 0.387 e. The normalized spacial score (nSPS) is 10.6. The number of hydrogen-bond donors (Lipinski definition) is 1. The molecule has 0 fully saturated rings. The number of rotatable bonds is 10. The number of hydrogen-bond acceptors (Lipinski definition) is 4. The Morgan fingerprint density at radius 2 is 1.85 bits per heavy atom. The molecule has 1 amide bonds. The molecule has 0 saturated heterocycles. The molecule has 0 atom stereocenters. The van der Waals surface area contributed by atoms with Gasteiger partial charge in [0.1, 0.15) is 5.75 Å². The van der Waals surface area contributed by atoms with Gasteiger partial charge in [0.25, 0.3) is 0 Å². The molecule has 7 heteroatoms. The number of alkyl halides is 2.